The van der Waals surface area contributed by atoms with Crippen LogP contribution in [0, 0.1) is 0 Å². The summed E-state index contributed by atoms with van der Waals surface area (Å²) in [4.78, 5) is 4.27. The van der Waals surface area contributed by atoms with Crippen molar-refractivity contribution in [1.82, 2.24) is 14.9 Å². The van der Waals surface area contributed by atoms with Crippen molar-refractivity contribution in [2.45, 2.75) is 13.1 Å². The number of nitrogens with zero attached hydrogens (tertiary/aromatic N) is 2. The molecule has 1 heterocycles. The number of phenolic OH excluding ortho intramolecular Hbond substituents is 1. The first kappa shape index (κ1) is 10.7. The summed E-state index contributed by atoms with van der Waals surface area (Å²) in [6, 6.07) is 7.21. The molecule has 0 aliphatic heterocycles. The van der Waals surface area contributed by atoms with Crippen LogP contribution in [-0.2, 0) is 13.1 Å². The monoisotopic (exact) mass is 217 g/mol. The van der Waals surface area contributed by atoms with Crippen molar-refractivity contribution in [3.63, 3.8) is 0 Å². The van der Waals surface area contributed by atoms with Crippen LogP contribution in [0.2, 0.25) is 0 Å². The van der Waals surface area contributed by atoms with E-state index >= 15 is 0 Å². The molecular weight excluding hydrogens is 202 g/mol. The molecule has 0 spiro atoms. The molecule has 0 saturated heterocycles. The number of hydrogen-bond donors (Lipinski definition) is 2. The number of aromatic hydroxyl groups is 1. The zero-order chi connectivity index (χ0) is 11.4. The highest BCUT2D eigenvalue weighted by Gasteiger charge is 1.99. The molecule has 16 heavy (non-hydrogen) atoms. The molecule has 2 N–H and O–H groups in total. The van der Waals surface area contributed by atoms with Crippen LogP contribution in [0.15, 0.2) is 36.8 Å². The Morgan fingerprint density at radius 1 is 1.31 bits per heavy atom. The van der Waals surface area contributed by atoms with E-state index in [2.05, 4.69) is 10.3 Å². The normalized spacial score (nSPS) is 10.6. The van der Waals surface area contributed by atoms with Crippen LogP contribution in [0.1, 0.15) is 11.3 Å². The number of imidazole rings is 1. The number of nitrogens with one attached hydrogen (secondary N) is 1. The van der Waals surface area contributed by atoms with Crippen molar-refractivity contribution < 1.29 is 5.11 Å². The molecule has 0 bridgehead atoms. The second-order valence-corrected chi connectivity index (χ2v) is 3.73. The van der Waals surface area contributed by atoms with Gasteiger partial charge in [0.1, 0.15) is 5.75 Å². The maximum absolute atomic E-state index is 9.17. The maximum Gasteiger partial charge on any atom is 0.115 e. The Bertz CT molecular complexity index is 448. The fourth-order valence-corrected chi connectivity index (χ4v) is 1.58. The fraction of sp³-hybridized carbons (Fsp3) is 0.250. The maximum atomic E-state index is 9.17. The average Bonchev–Trinajstić information content (AvgIpc) is 2.70. The second-order valence-electron chi connectivity index (χ2n) is 3.73. The van der Waals surface area contributed by atoms with E-state index in [0.29, 0.717) is 5.75 Å². The highest BCUT2D eigenvalue weighted by atomic mass is 16.3. The first-order chi connectivity index (χ1) is 7.78. The molecule has 2 aromatic rings. The van der Waals surface area contributed by atoms with Crippen molar-refractivity contribution in [2.24, 2.45) is 0 Å². The number of aromatic nitrogens is 2. The zero-order valence-corrected chi connectivity index (χ0v) is 9.22. The Labute approximate surface area is 94.6 Å². The third-order valence-electron chi connectivity index (χ3n) is 2.35. The van der Waals surface area contributed by atoms with Gasteiger partial charge in [-0.2, -0.15) is 0 Å². The van der Waals surface area contributed by atoms with Gasteiger partial charge in [0.15, 0.2) is 0 Å². The van der Waals surface area contributed by atoms with Gasteiger partial charge in [-0.3, -0.25) is 0 Å². The van der Waals surface area contributed by atoms with Gasteiger partial charge in [-0.25, -0.2) is 4.98 Å². The summed E-state index contributed by atoms with van der Waals surface area (Å²) in [5.74, 6) is 0.297. The van der Waals surface area contributed by atoms with Crippen LogP contribution in [0.3, 0.4) is 0 Å². The largest absolute Gasteiger partial charge is 0.508 e. The standard InChI is InChI=1S/C12H15N3O/c1-13-6-11-8-15(9-14-11)7-10-2-4-12(16)5-3-10/h2-5,8-9,13,16H,6-7H2,1H3. The number of rotatable bonds is 4. The third-order valence-corrected chi connectivity index (χ3v) is 2.35. The molecule has 4 nitrogen and oxygen atoms in total. The highest BCUT2D eigenvalue weighted by Crippen LogP contribution is 2.11. The van der Waals surface area contributed by atoms with E-state index in [1.165, 1.54) is 0 Å². The minimum absolute atomic E-state index is 0.297. The smallest absolute Gasteiger partial charge is 0.115 e. The van der Waals surface area contributed by atoms with E-state index in [9.17, 15) is 0 Å². The summed E-state index contributed by atoms with van der Waals surface area (Å²) in [5.41, 5.74) is 2.17. The van der Waals surface area contributed by atoms with Crippen LogP contribution < -0.4 is 5.32 Å². The van der Waals surface area contributed by atoms with Gasteiger partial charge in [-0.05, 0) is 24.7 Å². The molecule has 2 rings (SSSR count). The molecule has 84 valence electrons. The Kier molecular flexibility index (Phi) is 3.22. The van der Waals surface area contributed by atoms with Crippen LogP contribution in [0.4, 0.5) is 0 Å². The van der Waals surface area contributed by atoms with Crippen molar-refractivity contribution in [3.8, 4) is 5.75 Å². The Morgan fingerprint density at radius 2 is 2.06 bits per heavy atom. The van der Waals surface area contributed by atoms with Crippen molar-refractivity contribution in [3.05, 3.63) is 48.0 Å². The van der Waals surface area contributed by atoms with Gasteiger partial charge in [0, 0.05) is 19.3 Å². The van der Waals surface area contributed by atoms with E-state index < -0.39 is 0 Å². The van der Waals surface area contributed by atoms with E-state index in [1.54, 1.807) is 12.1 Å². The van der Waals surface area contributed by atoms with Gasteiger partial charge < -0.3 is 15.0 Å². The molecule has 0 atom stereocenters. The van der Waals surface area contributed by atoms with Crippen molar-refractivity contribution >= 4 is 0 Å². The number of hydrogen-bond acceptors (Lipinski definition) is 3. The molecule has 0 fully saturated rings. The van der Waals surface area contributed by atoms with E-state index in [1.807, 2.05) is 36.3 Å². The Hall–Kier alpha value is -1.81. The number of phenols is 1. The Balaban J connectivity index is 2.05. The fourth-order valence-electron chi connectivity index (χ4n) is 1.58. The molecule has 1 aromatic carbocycles. The van der Waals surface area contributed by atoms with Crippen molar-refractivity contribution in [1.29, 1.82) is 0 Å². The SMILES string of the molecule is CNCc1cn(Cc2ccc(O)cc2)cn1. The Morgan fingerprint density at radius 3 is 2.75 bits per heavy atom. The quantitative estimate of drug-likeness (QED) is 0.813. The van der Waals surface area contributed by atoms with E-state index in [-0.39, 0.29) is 0 Å². The summed E-state index contributed by atoms with van der Waals surface area (Å²) >= 11 is 0. The average molecular weight is 217 g/mol. The lowest BCUT2D eigenvalue weighted by Gasteiger charge is -2.02. The van der Waals surface area contributed by atoms with Crippen LogP contribution in [-0.4, -0.2) is 21.7 Å². The molecule has 0 unspecified atom stereocenters. The first-order valence-electron chi connectivity index (χ1n) is 5.21. The van der Waals surface area contributed by atoms with Gasteiger partial charge in [-0.1, -0.05) is 12.1 Å². The van der Waals surface area contributed by atoms with Crippen LogP contribution in [0.5, 0.6) is 5.75 Å². The zero-order valence-electron chi connectivity index (χ0n) is 9.22. The lowest BCUT2D eigenvalue weighted by molar-refractivity contribution is 0.475. The van der Waals surface area contributed by atoms with Crippen LogP contribution in [0.25, 0.3) is 0 Å². The predicted octanol–water partition coefficient (Wildman–Crippen LogP) is 1.36. The minimum atomic E-state index is 0.297. The molecule has 1 aromatic heterocycles. The second kappa shape index (κ2) is 4.81. The van der Waals surface area contributed by atoms with Gasteiger partial charge >= 0.3 is 0 Å². The summed E-state index contributed by atoms with van der Waals surface area (Å²) in [5, 5.41) is 12.2. The van der Waals surface area contributed by atoms with Gasteiger partial charge in [0.05, 0.1) is 12.0 Å². The topological polar surface area (TPSA) is 50.1 Å². The summed E-state index contributed by atoms with van der Waals surface area (Å²) in [7, 11) is 1.90. The lowest BCUT2D eigenvalue weighted by Crippen LogP contribution is -2.05. The predicted molar refractivity (Wildman–Crippen MR) is 62.2 cm³/mol. The number of benzene rings is 1. The molecule has 0 amide bonds. The first-order valence-corrected chi connectivity index (χ1v) is 5.21. The summed E-state index contributed by atoms with van der Waals surface area (Å²) in [6.45, 7) is 1.56. The lowest BCUT2D eigenvalue weighted by atomic mass is 10.2. The van der Waals surface area contributed by atoms with Gasteiger partial charge in [0.25, 0.3) is 0 Å². The molecule has 0 aliphatic rings. The molecule has 0 saturated carbocycles. The third kappa shape index (κ3) is 2.61. The molecule has 4 heteroatoms. The summed E-state index contributed by atoms with van der Waals surface area (Å²) < 4.78 is 2.03. The van der Waals surface area contributed by atoms with E-state index in [4.69, 9.17) is 5.11 Å². The van der Waals surface area contributed by atoms with Crippen molar-refractivity contribution in [2.75, 3.05) is 7.05 Å². The highest BCUT2D eigenvalue weighted by molar-refractivity contribution is 5.26. The van der Waals surface area contributed by atoms with Gasteiger partial charge in [0.2, 0.25) is 0 Å². The van der Waals surface area contributed by atoms with Crippen LogP contribution >= 0.6 is 0 Å². The van der Waals surface area contributed by atoms with E-state index in [0.717, 1.165) is 24.3 Å². The molecule has 0 radical (unpaired) electrons. The minimum Gasteiger partial charge on any atom is -0.508 e. The van der Waals surface area contributed by atoms with Gasteiger partial charge in [-0.15, -0.1) is 0 Å². The molecular formula is C12H15N3O. The molecule has 0 aliphatic carbocycles. The summed E-state index contributed by atoms with van der Waals surface area (Å²) in [6.07, 6.45) is 3.84.